The van der Waals surface area contributed by atoms with Crippen molar-refractivity contribution in [2.75, 3.05) is 25.6 Å². The summed E-state index contributed by atoms with van der Waals surface area (Å²) in [5.41, 5.74) is 2.50. The van der Waals surface area contributed by atoms with Crippen molar-refractivity contribution in [1.82, 2.24) is 10.2 Å². The normalized spacial score (nSPS) is 13.1. The first kappa shape index (κ1) is 23.3. The van der Waals surface area contributed by atoms with E-state index < -0.39 is 6.04 Å². The fraction of sp³-hybridized carbons (Fsp3) is 0.296. The van der Waals surface area contributed by atoms with Crippen molar-refractivity contribution in [3.05, 3.63) is 71.8 Å². The molecule has 1 aliphatic rings. The van der Waals surface area contributed by atoms with Gasteiger partial charge in [-0.3, -0.25) is 14.4 Å². The van der Waals surface area contributed by atoms with Crippen molar-refractivity contribution in [2.24, 2.45) is 0 Å². The third-order valence-electron chi connectivity index (χ3n) is 6.35. The van der Waals surface area contributed by atoms with Crippen molar-refractivity contribution in [3.63, 3.8) is 0 Å². The maximum absolute atomic E-state index is 13.2. The molecule has 4 rings (SSSR count). The van der Waals surface area contributed by atoms with E-state index in [4.69, 9.17) is 4.74 Å². The number of likely N-dealkylation sites (N-methyl/N-ethyl adjacent to an activating group) is 1. The second-order valence-corrected chi connectivity index (χ2v) is 8.40. The number of amides is 3. The van der Waals surface area contributed by atoms with Crippen LogP contribution in [0.1, 0.15) is 35.7 Å². The molecule has 7 heteroatoms. The highest BCUT2D eigenvalue weighted by atomic mass is 16.5. The van der Waals surface area contributed by atoms with Crippen molar-refractivity contribution in [3.8, 4) is 5.75 Å². The van der Waals surface area contributed by atoms with E-state index >= 15 is 0 Å². The first-order valence-electron chi connectivity index (χ1n) is 11.4. The first-order chi connectivity index (χ1) is 16.4. The van der Waals surface area contributed by atoms with Gasteiger partial charge >= 0.3 is 0 Å². The van der Waals surface area contributed by atoms with Gasteiger partial charge in [0.15, 0.2) is 0 Å². The summed E-state index contributed by atoms with van der Waals surface area (Å²) in [6, 6.07) is 18.4. The Hall–Kier alpha value is -3.87. The summed E-state index contributed by atoms with van der Waals surface area (Å²) in [4.78, 5) is 41.9. The van der Waals surface area contributed by atoms with Gasteiger partial charge in [-0.05, 0) is 48.6 Å². The van der Waals surface area contributed by atoms with Crippen LogP contribution in [0.2, 0.25) is 0 Å². The van der Waals surface area contributed by atoms with Crippen LogP contribution in [0, 0.1) is 0 Å². The fourth-order valence-electron chi connectivity index (χ4n) is 4.45. The smallest absolute Gasteiger partial charge is 0.258 e. The molecule has 34 heavy (non-hydrogen) atoms. The van der Waals surface area contributed by atoms with E-state index in [1.54, 1.807) is 30.9 Å². The van der Waals surface area contributed by atoms with E-state index in [1.165, 1.54) is 0 Å². The van der Waals surface area contributed by atoms with Crippen LogP contribution in [0.4, 0.5) is 5.69 Å². The summed E-state index contributed by atoms with van der Waals surface area (Å²) in [6.07, 6.45) is 0.724. The monoisotopic (exact) mass is 459 g/mol. The van der Waals surface area contributed by atoms with E-state index in [2.05, 4.69) is 5.32 Å². The third-order valence-corrected chi connectivity index (χ3v) is 6.35. The predicted octanol–water partition coefficient (Wildman–Crippen LogP) is 3.75. The number of nitrogens with one attached hydrogen (secondary N) is 1. The Kier molecular flexibility index (Phi) is 6.82. The average Bonchev–Trinajstić information content (AvgIpc) is 3.14. The molecule has 7 nitrogen and oxygen atoms in total. The summed E-state index contributed by atoms with van der Waals surface area (Å²) in [7, 11) is 3.16. The summed E-state index contributed by atoms with van der Waals surface area (Å²) in [6.45, 7) is 2.47. The predicted molar refractivity (Wildman–Crippen MR) is 132 cm³/mol. The molecule has 0 bridgehead atoms. The molecule has 3 amide bonds. The molecule has 0 saturated carbocycles. The van der Waals surface area contributed by atoms with E-state index in [0.717, 1.165) is 27.8 Å². The third kappa shape index (κ3) is 4.46. The van der Waals surface area contributed by atoms with Gasteiger partial charge in [0.25, 0.3) is 5.91 Å². The molecule has 0 aliphatic carbocycles. The van der Waals surface area contributed by atoms with Gasteiger partial charge in [0.05, 0.1) is 12.8 Å². The lowest BCUT2D eigenvalue weighted by Gasteiger charge is -2.29. The molecule has 1 heterocycles. The molecule has 0 unspecified atom stereocenters. The Bertz CT molecular complexity index is 1220. The maximum atomic E-state index is 13.2. The molecule has 0 radical (unpaired) electrons. The van der Waals surface area contributed by atoms with Gasteiger partial charge in [0, 0.05) is 37.5 Å². The Balaban J connectivity index is 1.45. The Morgan fingerprint density at radius 3 is 2.44 bits per heavy atom. The quantitative estimate of drug-likeness (QED) is 0.529. The Morgan fingerprint density at radius 2 is 1.76 bits per heavy atom. The molecule has 0 fully saturated rings. The summed E-state index contributed by atoms with van der Waals surface area (Å²) < 4.78 is 5.20. The largest absolute Gasteiger partial charge is 0.497 e. The Morgan fingerprint density at radius 1 is 1.06 bits per heavy atom. The highest BCUT2D eigenvalue weighted by Crippen LogP contribution is 2.37. The molecule has 0 saturated heterocycles. The number of rotatable bonds is 9. The highest BCUT2D eigenvalue weighted by Gasteiger charge is 2.30. The van der Waals surface area contributed by atoms with Crippen molar-refractivity contribution in [1.29, 1.82) is 0 Å². The first-order valence-corrected chi connectivity index (χ1v) is 11.4. The number of carbonyl (C=O) groups is 3. The molecule has 3 aromatic carbocycles. The number of hydrogen-bond acceptors (Lipinski definition) is 4. The van der Waals surface area contributed by atoms with Gasteiger partial charge in [0.1, 0.15) is 11.8 Å². The number of benzene rings is 3. The molecule has 1 aliphatic heterocycles. The van der Waals surface area contributed by atoms with Gasteiger partial charge in [0.2, 0.25) is 11.8 Å². The summed E-state index contributed by atoms with van der Waals surface area (Å²) in [5, 5.41) is 4.63. The van der Waals surface area contributed by atoms with Gasteiger partial charge in [-0.2, -0.15) is 0 Å². The van der Waals surface area contributed by atoms with Crippen molar-refractivity contribution >= 4 is 34.2 Å². The van der Waals surface area contributed by atoms with Crippen LogP contribution in [0.3, 0.4) is 0 Å². The summed E-state index contributed by atoms with van der Waals surface area (Å²) >= 11 is 0. The van der Waals surface area contributed by atoms with E-state index in [1.807, 2.05) is 60.7 Å². The Labute approximate surface area is 199 Å². The van der Waals surface area contributed by atoms with E-state index in [0.29, 0.717) is 25.1 Å². The van der Waals surface area contributed by atoms with Crippen LogP contribution in [-0.2, 0) is 16.1 Å². The van der Waals surface area contributed by atoms with Crippen LogP contribution in [0.5, 0.6) is 5.75 Å². The molecule has 0 aromatic heterocycles. The van der Waals surface area contributed by atoms with Crippen LogP contribution in [-0.4, -0.2) is 49.4 Å². The van der Waals surface area contributed by atoms with Gasteiger partial charge in [-0.25, -0.2) is 0 Å². The van der Waals surface area contributed by atoms with E-state index in [9.17, 15) is 14.4 Å². The molecule has 0 spiro atoms. The lowest BCUT2D eigenvalue weighted by atomic mass is 10.1. The molecule has 176 valence electrons. The van der Waals surface area contributed by atoms with Crippen LogP contribution < -0.4 is 15.0 Å². The zero-order valence-corrected chi connectivity index (χ0v) is 19.7. The van der Waals surface area contributed by atoms with E-state index in [-0.39, 0.29) is 24.1 Å². The minimum atomic E-state index is -0.619. The van der Waals surface area contributed by atoms with Gasteiger partial charge in [-0.1, -0.05) is 36.4 Å². The SMILES string of the molecule is CNC(=O)[C@@H](C)N(Cc1ccc(OC)cc1)C(=O)CCCN1C(=O)c2cccc3cccc1c23. The van der Waals surface area contributed by atoms with Gasteiger partial charge in [-0.15, -0.1) is 0 Å². The number of methoxy groups -OCH3 is 1. The van der Waals surface area contributed by atoms with Crippen LogP contribution in [0.25, 0.3) is 10.8 Å². The standard InChI is InChI=1S/C27H29N3O4/c1-18(26(32)28-2)30(17-19-12-14-21(34-3)15-13-19)24(31)11-6-16-29-23-10-5-8-20-7-4-9-22(25(20)23)27(29)33/h4-5,7-10,12-15,18H,6,11,16-17H2,1-3H3,(H,28,32)/t18-/m1/s1. The number of hydrogen-bond donors (Lipinski definition) is 1. The molecule has 3 aromatic rings. The number of nitrogens with zero attached hydrogens (tertiary/aromatic N) is 2. The van der Waals surface area contributed by atoms with Crippen LogP contribution >= 0.6 is 0 Å². The van der Waals surface area contributed by atoms with Crippen LogP contribution in [0.15, 0.2) is 60.7 Å². The topological polar surface area (TPSA) is 79.0 Å². The van der Waals surface area contributed by atoms with Crippen molar-refractivity contribution in [2.45, 2.75) is 32.4 Å². The molecular weight excluding hydrogens is 430 g/mol. The zero-order chi connectivity index (χ0) is 24.2. The molecular formula is C27H29N3O4. The number of anilines is 1. The lowest BCUT2D eigenvalue weighted by Crippen LogP contribution is -2.46. The minimum Gasteiger partial charge on any atom is -0.497 e. The van der Waals surface area contributed by atoms with Gasteiger partial charge < -0.3 is 19.9 Å². The fourth-order valence-corrected chi connectivity index (χ4v) is 4.45. The summed E-state index contributed by atoms with van der Waals surface area (Å²) in [5.74, 6) is 0.341. The second-order valence-electron chi connectivity index (χ2n) is 8.40. The molecule has 1 atom stereocenters. The second kappa shape index (κ2) is 9.95. The zero-order valence-electron chi connectivity index (χ0n) is 19.7. The maximum Gasteiger partial charge on any atom is 0.258 e. The van der Waals surface area contributed by atoms with Crippen molar-refractivity contribution < 1.29 is 19.1 Å². The molecule has 1 N–H and O–H groups in total. The number of carbonyl (C=O) groups excluding carboxylic acids is 3. The highest BCUT2D eigenvalue weighted by molar-refractivity contribution is 6.25. The lowest BCUT2D eigenvalue weighted by molar-refractivity contribution is -0.140. The average molecular weight is 460 g/mol. The minimum absolute atomic E-state index is 0.0342. The number of ether oxygens (including phenoxy) is 1.